The molecule has 0 aliphatic carbocycles. The lowest BCUT2D eigenvalue weighted by Crippen LogP contribution is -2.23. The standard InChI is InChI=1S/C17H12ClF3N2O5S/c1-29-10-3-5-14(23(26)27)11(7-10)16(25)28-8-15(24)22-13-4-2-9(18)6-12(13)17(19,20)21/h2-7H,8H2,1H3,(H,22,24). The summed E-state index contributed by atoms with van der Waals surface area (Å²) in [6.07, 6.45) is -3.09. The summed E-state index contributed by atoms with van der Waals surface area (Å²) in [4.78, 5) is 34.9. The van der Waals surface area contributed by atoms with Gasteiger partial charge in [0.15, 0.2) is 6.61 Å². The number of anilines is 1. The smallest absolute Gasteiger partial charge is 0.418 e. The Morgan fingerprint density at radius 1 is 1.24 bits per heavy atom. The van der Waals surface area contributed by atoms with Crippen LogP contribution in [0.1, 0.15) is 15.9 Å². The number of carbonyl (C=O) groups excluding carboxylic acids is 2. The highest BCUT2D eigenvalue weighted by Crippen LogP contribution is 2.36. The van der Waals surface area contributed by atoms with Gasteiger partial charge in [-0.05, 0) is 36.6 Å². The molecular weight excluding hydrogens is 437 g/mol. The maximum Gasteiger partial charge on any atom is 0.418 e. The molecule has 0 atom stereocenters. The van der Waals surface area contributed by atoms with Gasteiger partial charge in [0.1, 0.15) is 5.56 Å². The number of halogens is 4. The first kappa shape index (κ1) is 22.5. The van der Waals surface area contributed by atoms with Crippen molar-refractivity contribution in [2.45, 2.75) is 11.1 Å². The summed E-state index contributed by atoms with van der Waals surface area (Å²) in [5, 5.41) is 12.9. The zero-order valence-corrected chi connectivity index (χ0v) is 16.2. The number of hydrogen-bond acceptors (Lipinski definition) is 6. The fraction of sp³-hybridized carbons (Fsp3) is 0.176. The molecule has 1 amide bonds. The van der Waals surface area contributed by atoms with Crippen LogP contribution in [0.3, 0.4) is 0 Å². The summed E-state index contributed by atoms with van der Waals surface area (Å²) in [6, 6.07) is 6.52. The molecule has 2 aromatic carbocycles. The van der Waals surface area contributed by atoms with E-state index in [1.807, 2.05) is 5.32 Å². The summed E-state index contributed by atoms with van der Waals surface area (Å²) in [5.74, 6) is -2.22. The third kappa shape index (κ3) is 5.84. The number of alkyl halides is 3. The lowest BCUT2D eigenvalue weighted by Gasteiger charge is -2.14. The Hall–Kier alpha value is -2.79. The number of benzene rings is 2. The fourth-order valence-electron chi connectivity index (χ4n) is 2.22. The van der Waals surface area contributed by atoms with Crippen molar-refractivity contribution in [1.82, 2.24) is 0 Å². The van der Waals surface area contributed by atoms with Crippen LogP contribution in [-0.2, 0) is 15.7 Å². The molecule has 0 unspecified atom stereocenters. The highest BCUT2D eigenvalue weighted by atomic mass is 35.5. The van der Waals surface area contributed by atoms with Gasteiger partial charge in [0.25, 0.3) is 11.6 Å². The van der Waals surface area contributed by atoms with E-state index in [0.717, 1.165) is 18.2 Å². The van der Waals surface area contributed by atoms with Gasteiger partial charge in [-0.15, -0.1) is 11.8 Å². The Morgan fingerprint density at radius 3 is 2.52 bits per heavy atom. The second kappa shape index (κ2) is 9.14. The second-order valence-corrected chi connectivity index (χ2v) is 6.77. The zero-order valence-electron chi connectivity index (χ0n) is 14.6. The topological polar surface area (TPSA) is 98.5 Å². The molecule has 0 aromatic heterocycles. The van der Waals surface area contributed by atoms with Gasteiger partial charge in [0, 0.05) is 16.0 Å². The van der Waals surface area contributed by atoms with E-state index in [2.05, 4.69) is 0 Å². The first-order valence-electron chi connectivity index (χ1n) is 7.69. The number of nitro groups is 1. The lowest BCUT2D eigenvalue weighted by atomic mass is 10.1. The number of nitrogens with zero attached hydrogens (tertiary/aromatic N) is 1. The maximum atomic E-state index is 13.0. The Morgan fingerprint density at radius 2 is 1.93 bits per heavy atom. The highest BCUT2D eigenvalue weighted by Gasteiger charge is 2.34. The molecule has 0 aliphatic rings. The molecule has 0 bridgehead atoms. The minimum atomic E-state index is -4.77. The zero-order chi connectivity index (χ0) is 21.8. The quantitative estimate of drug-likeness (QED) is 0.295. The number of nitro benzene ring substituents is 1. The van der Waals surface area contributed by atoms with Gasteiger partial charge in [-0.25, -0.2) is 4.79 Å². The number of rotatable bonds is 6. The van der Waals surface area contributed by atoms with Crippen molar-refractivity contribution in [2.24, 2.45) is 0 Å². The molecule has 0 saturated carbocycles. The summed E-state index contributed by atoms with van der Waals surface area (Å²) in [6.45, 7) is -0.945. The van der Waals surface area contributed by atoms with Crippen LogP contribution < -0.4 is 5.32 Å². The van der Waals surface area contributed by atoms with E-state index < -0.39 is 46.5 Å². The number of esters is 1. The molecule has 2 rings (SSSR count). The molecule has 154 valence electrons. The average Bonchev–Trinajstić information content (AvgIpc) is 2.66. The minimum absolute atomic E-state index is 0.178. The fourth-order valence-corrected chi connectivity index (χ4v) is 2.83. The summed E-state index contributed by atoms with van der Waals surface area (Å²) in [5.41, 5.74) is -2.64. The Balaban J connectivity index is 2.13. The molecule has 0 saturated heterocycles. The highest BCUT2D eigenvalue weighted by molar-refractivity contribution is 7.98. The summed E-state index contributed by atoms with van der Waals surface area (Å²) in [7, 11) is 0. The van der Waals surface area contributed by atoms with E-state index >= 15 is 0 Å². The van der Waals surface area contributed by atoms with E-state index in [4.69, 9.17) is 16.3 Å². The van der Waals surface area contributed by atoms with E-state index in [1.54, 1.807) is 6.26 Å². The van der Waals surface area contributed by atoms with E-state index in [-0.39, 0.29) is 10.6 Å². The van der Waals surface area contributed by atoms with Crippen LogP contribution in [0.5, 0.6) is 0 Å². The van der Waals surface area contributed by atoms with Gasteiger partial charge in [-0.1, -0.05) is 11.6 Å². The first-order valence-corrected chi connectivity index (χ1v) is 9.29. The normalized spacial score (nSPS) is 11.1. The van der Waals surface area contributed by atoms with Crippen molar-refractivity contribution in [3.05, 3.63) is 62.7 Å². The Kier molecular flexibility index (Phi) is 7.09. The van der Waals surface area contributed by atoms with Gasteiger partial charge in [-0.2, -0.15) is 13.2 Å². The molecule has 29 heavy (non-hydrogen) atoms. The van der Waals surface area contributed by atoms with Gasteiger partial charge >= 0.3 is 12.1 Å². The molecule has 2 aromatic rings. The predicted octanol–water partition coefficient (Wildman–Crippen LogP) is 4.78. The molecule has 0 radical (unpaired) electrons. The van der Waals surface area contributed by atoms with Crippen molar-refractivity contribution < 1.29 is 32.4 Å². The molecule has 0 fully saturated rings. The van der Waals surface area contributed by atoms with Crippen molar-refractivity contribution >= 4 is 46.6 Å². The molecule has 1 N–H and O–H groups in total. The minimum Gasteiger partial charge on any atom is -0.452 e. The molecule has 0 heterocycles. The maximum absolute atomic E-state index is 13.0. The Labute approximate surface area is 171 Å². The summed E-state index contributed by atoms with van der Waals surface area (Å²) < 4.78 is 43.9. The van der Waals surface area contributed by atoms with Crippen LogP contribution in [0.4, 0.5) is 24.5 Å². The molecule has 0 spiro atoms. The van der Waals surface area contributed by atoms with Crippen LogP contribution in [-0.4, -0.2) is 29.7 Å². The molecule has 7 nitrogen and oxygen atoms in total. The molecule has 12 heteroatoms. The second-order valence-electron chi connectivity index (χ2n) is 5.45. The average molecular weight is 449 g/mol. The first-order chi connectivity index (χ1) is 13.5. The number of hydrogen-bond donors (Lipinski definition) is 1. The van der Waals surface area contributed by atoms with Crippen molar-refractivity contribution in [2.75, 3.05) is 18.2 Å². The third-order valence-corrected chi connectivity index (χ3v) is 4.48. The number of amides is 1. The van der Waals surface area contributed by atoms with E-state index in [0.29, 0.717) is 11.0 Å². The van der Waals surface area contributed by atoms with Gasteiger partial charge in [-0.3, -0.25) is 14.9 Å². The number of thioether (sulfide) groups is 1. The lowest BCUT2D eigenvalue weighted by molar-refractivity contribution is -0.385. The van der Waals surface area contributed by atoms with Crippen LogP contribution >= 0.6 is 23.4 Å². The van der Waals surface area contributed by atoms with Gasteiger partial charge in [0.2, 0.25) is 0 Å². The Bertz CT molecular complexity index is 969. The van der Waals surface area contributed by atoms with Gasteiger partial charge < -0.3 is 10.1 Å². The number of carbonyl (C=O) groups is 2. The van der Waals surface area contributed by atoms with Crippen molar-refractivity contribution in [3.8, 4) is 0 Å². The number of ether oxygens (including phenoxy) is 1. The van der Waals surface area contributed by atoms with Crippen molar-refractivity contribution in [3.63, 3.8) is 0 Å². The number of nitrogens with one attached hydrogen (secondary N) is 1. The third-order valence-electron chi connectivity index (χ3n) is 3.52. The van der Waals surface area contributed by atoms with Crippen LogP contribution in [0.2, 0.25) is 5.02 Å². The molecular formula is C17H12ClF3N2O5S. The van der Waals surface area contributed by atoms with Crippen LogP contribution in [0.25, 0.3) is 0 Å². The monoisotopic (exact) mass is 448 g/mol. The summed E-state index contributed by atoms with van der Waals surface area (Å²) >= 11 is 6.78. The van der Waals surface area contributed by atoms with Crippen molar-refractivity contribution in [1.29, 1.82) is 0 Å². The SMILES string of the molecule is CSc1ccc([N+](=O)[O-])c(C(=O)OCC(=O)Nc2ccc(Cl)cc2C(F)(F)F)c1. The van der Waals surface area contributed by atoms with Crippen LogP contribution in [0.15, 0.2) is 41.3 Å². The predicted molar refractivity (Wildman–Crippen MR) is 100 cm³/mol. The largest absolute Gasteiger partial charge is 0.452 e. The van der Waals surface area contributed by atoms with Gasteiger partial charge in [0.05, 0.1) is 16.2 Å². The van der Waals surface area contributed by atoms with Crippen LogP contribution in [0, 0.1) is 10.1 Å². The molecule has 0 aliphatic heterocycles. The van der Waals surface area contributed by atoms with E-state index in [9.17, 15) is 32.9 Å². The van der Waals surface area contributed by atoms with E-state index in [1.165, 1.54) is 23.9 Å².